The smallest absolute Gasteiger partial charge is 0.283 e. The third-order valence-corrected chi connectivity index (χ3v) is 5.12. The van der Waals surface area contributed by atoms with E-state index < -0.39 is 5.41 Å². The van der Waals surface area contributed by atoms with Crippen LogP contribution in [0.5, 0.6) is 0 Å². The summed E-state index contributed by atoms with van der Waals surface area (Å²) in [5.41, 5.74) is 1.17. The Morgan fingerprint density at radius 1 is 1.11 bits per heavy atom. The molecule has 1 heterocycles. The molecule has 28 heavy (non-hydrogen) atoms. The molecular formula is C22H21FN2O2S. The molecule has 0 bridgehead atoms. The van der Waals surface area contributed by atoms with E-state index in [2.05, 4.69) is 4.99 Å². The van der Waals surface area contributed by atoms with Gasteiger partial charge in [0.25, 0.3) is 5.91 Å². The van der Waals surface area contributed by atoms with Crippen LogP contribution in [0.25, 0.3) is 6.08 Å². The van der Waals surface area contributed by atoms with E-state index in [1.807, 2.05) is 51.1 Å². The lowest BCUT2D eigenvalue weighted by Gasteiger charge is -2.20. The van der Waals surface area contributed by atoms with E-state index in [0.717, 1.165) is 5.56 Å². The molecule has 2 aromatic rings. The number of Topliss-reactive ketones (excluding diaryl/α,β-unsaturated/α-hetero) is 1. The van der Waals surface area contributed by atoms with E-state index in [4.69, 9.17) is 0 Å². The summed E-state index contributed by atoms with van der Waals surface area (Å²) in [5, 5.41) is 0.413. The van der Waals surface area contributed by atoms with E-state index in [-0.39, 0.29) is 29.0 Å². The number of aliphatic imine (C=N–C) groups is 1. The second-order valence-electron chi connectivity index (χ2n) is 7.41. The minimum atomic E-state index is -0.473. The van der Waals surface area contributed by atoms with Crippen LogP contribution in [0.15, 0.2) is 65.3 Å². The van der Waals surface area contributed by atoms with Gasteiger partial charge in [0.2, 0.25) is 0 Å². The molecule has 144 valence electrons. The second-order valence-corrected chi connectivity index (χ2v) is 8.36. The number of hydrogen-bond acceptors (Lipinski definition) is 4. The Kier molecular flexibility index (Phi) is 5.79. The van der Waals surface area contributed by atoms with Crippen molar-refractivity contribution in [3.8, 4) is 0 Å². The zero-order chi connectivity index (χ0) is 20.3. The van der Waals surface area contributed by atoms with Gasteiger partial charge in [-0.3, -0.25) is 14.5 Å². The van der Waals surface area contributed by atoms with Crippen molar-refractivity contribution in [3.63, 3.8) is 0 Å². The number of amides is 1. The van der Waals surface area contributed by atoms with Crippen LogP contribution in [0.4, 0.5) is 10.1 Å². The maximum Gasteiger partial charge on any atom is 0.283 e. The molecule has 2 aromatic carbocycles. The Morgan fingerprint density at radius 2 is 1.75 bits per heavy atom. The lowest BCUT2D eigenvalue weighted by Crippen LogP contribution is -2.31. The third kappa shape index (κ3) is 4.57. The van der Waals surface area contributed by atoms with Gasteiger partial charge >= 0.3 is 0 Å². The van der Waals surface area contributed by atoms with E-state index in [1.165, 1.54) is 40.9 Å². The summed E-state index contributed by atoms with van der Waals surface area (Å²) in [6.07, 6.45) is 1.71. The first-order valence-corrected chi connectivity index (χ1v) is 9.86. The Hall–Kier alpha value is -2.73. The first kappa shape index (κ1) is 20.0. The number of carbonyl (C=O) groups is 2. The van der Waals surface area contributed by atoms with Crippen molar-refractivity contribution >= 4 is 40.4 Å². The average Bonchev–Trinajstić information content (AvgIpc) is 2.96. The molecule has 3 rings (SSSR count). The van der Waals surface area contributed by atoms with Gasteiger partial charge in [0.15, 0.2) is 5.17 Å². The summed E-state index contributed by atoms with van der Waals surface area (Å²) in [4.78, 5) is 31.2. The molecule has 1 amide bonds. The number of carbonyl (C=O) groups excluding carboxylic acids is 2. The topological polar surface area (TPSA) is 49.7 Å². The third-order valence-electron chi connectivity index (χ3n) is 4.19. The van der Waals surface area contributed by atoms with E-state index >= 15 is 0 Å². The summed E-state index contributed by atoms with van der Waals surface area (Å²) in [5.74, 6) is -0.427. The number of amidine groups is 1. The molecule has 1 aliphatic heterocycles. The number of hydrogen-bond donors (Lipinski definition) is 0. The lowest BCUT2D eigenvalue weighted by molar-refractivity contribution is -0.123. The molecule has 0 radical (unpaired) electrons. The van der Waals surface area contributed by atoms with E-state index in [1.54, 1.807) is 6.08 Å². The van der Waals surface area contributed by atoms with Gasteiger partial charge in [0, 0.05) is 5.41 Å². The molecule has 0 aliphatic carbocycles. The maximum atomic E-state index is 13.3. The monoisotopic (exact) mass is 396 g/mol. The summed E-state index contributed by atoms with van der Waals surface area (Å²) in [6, 6.07) is 15.1. The van der Waals surface area contributed by atoms with Crippen molar-refractivity contribution in [1.82, 2.24) is 0 Å². The lowest BCUT2D eigenvalue weighted by atomic mass is 9.92. The predicted octanol–water partition coefficient (Wildman–Crippen LogP) is 4.92. The van der Waals surface area contributed by atoms with Crippen molar-refractivity contribution in [2.24, 2.45) is 10.4 Å². The zero-order valence-electron chi connectivity index (χ0n) is 16.0. The minimum absolute atomic E-state index is 0.0622. The Bertz CT molecular complexity index is 945. The van der Waals surface area contributed by atoms with Crippen molar-refractivity contribution in [3.05, 3.63) is 71.7 Å². The molecule has 0 fully saturated rings. The highest BCUT2D eigenvalue weighted by Gasteiger charge is 2.33. The van der Waals surface area contributed by atoms with Crippen LogP contribution < -0.4 is 4.90 Å². The predicted molar refractivity (Wildman–Crippen MR) is 113 cm³/mol. The van der Waals surface area contributed by atoms with Gasteiger partial charge < -0.3 is 0 Å². The second kappa shape index (κ2) is 8.10. The molecular weight excluding hydrogens is 375 g/mol. The van der Waals surface area contributed by atoms with Crippen LogP contribution >= 0.6 is 11.8 Å². The molecule has 0 spiro atoms. The number of thioether (sulfide) groups is 1. The van der Waals surface area contributed by atoms with Crippen molar-refractivity contribution in [2.75, 3.05) is 10.7 Å². The van der Waals surface area contributed by atoms with Gasteiger partial charge in [-0.15, -0.1) is 0 Å². The first-order valence-electron chi connectivity index (χ1n) is 8.87. The van der Waals surface area contributed by atoms with Crippen LogP contribution in [0.3, 0.4) is 0 Å². The fourth-order valence-electron chi connectivity index (χ4n) is 2.46. The number of halogens is 1. The minimum Gasteiger partial charge on any atom is -0.298 e. The van der Waals surface area contributed by atoms with Crippen LogP contribution in [0, 0.1) is 11.2 Å². The van der Waals surface area contributed by atoms with E-state index in [9.17, 15) is 14.0 Å². The molecule has 0 saturated heterocycles. The number of rotatable bonds is 4. The number of nitrogens with zero attached hydrogens (tertiary/aromatic N) is 2. The Morgan fingerprint density at radius 3 is 2.36 bits per heavy atom. The van der Waals surface area contributed by atoms with Gasteiger partial charge in [-0.05, 0) is 35.9 Å². The van der Waals surface area contributed by atoms with E-state index in [0.29, 0.717) is 10.9 Å². The summed E-state index contributed by atoms with van der Waals surface area (Å²) >= 11 is 1.22. The number of anilines is 1. The van der Waals surface area contributed by atoms with Crippen molar-refractivity contribution in [2.45, 2.75) is 20.8 Å². The molecule has 0 atom stereocenters. The standard InChI is InChI=1S/C22H21FN2O2S/c1-22(2,3)19(26)14-28-21-24-18(13-15-7-5-4-6-8-15)20(27)25(21)17-11-9-16(23)10-12-17/h4-13H,14H2,1-3H3/b18-13+. The quantitative estimate of drug-likeness (QED) is 0.690. The molecule has 0 aromatic heterocycles. The van der Waals surface area contributed by atoms with Crippen LogP contribution in [0.1, 0.15) is 26.3 Å². The Labute approximate surface area is 168 Å². The summed E-state index contributed by atoms with van der Waals surface area (Å²) < 4.78 is 13.3. The van der Waals surface area contributed by atoms with Gasteiger partial charge in [-0.25, -0.2) is 9.38 Å². The Balaban J connectivity index is 1.93. The highest BCUT2D eigenvalue weighted by atomic mass is 32.2. The van der Waals surface area contributed by atoms with Crippen LogP contribution in [-0.4, -0.2) is 22.6 Å². The van der Waals surface area contributed by atoms with Gasteiger partial charge in [0.1, 0.15) is 17.3 Å². The SMILES string of the molecule is CC(C)(C)C(=O)CSC1=N/C(=C/c2ccccc2)C(=O)N1c1ccc(F)cc1. The van der Waals surface area contributed by atoms with Crippen LogP contribution in [-0.2, 0) is 9.59 Å². The first-order chi connectivity index (χ1) is 13.3. The van der Waals surface area contributed by atoms with Gasteiger partial charge in [0.05, 0.1) is 11.4 Å². The molecule has 1 aliphatic rings. The number of ketones is 1. The molecule has 0 N–H and O–H groups in total. The molecule has 0 saturated carbocycles. The fourth-order valence-corrected chi connectivity index (χ4v) is 3.64. The van der Waals surface area contributed by atoms with Crippen LogP contribution in [0.2, 0.25) is 0 Å². The number of benzene rings is 2. The maximum absolute atomic E-state index is 13.3. The highest BCUT2D eigenvalue weighted by molar-refractivity contribution is 8.14. The largest absolute Gasteiger partial charge is 0.298 e. The zero-order valence-corrected chi connectivity index (χ0v) is 16.8. The highest BCUT2D eigenvalue weighted by Crippen LogP contribution is 2.30. The molecule has 6 heteroatoms. The average molecular weight is 396 g/mol. The van der Waals surface area contributed by atoms with Crippen molar-refractivity contribution in [1.29, 1.82) is 0 Å². The molecule has 0 unspecified atom stereocenters. The van der Waals surface area contributed by atoms with Gasteiger partial charge in [-0.1, -0.05) is 62.9 Å². The van der Waals surface area contributed by atoms with Gasteiger partial charge in [-0.2, -0.15) is 0 Å². The summed E-state index contributed by atoms with van der Waals surface area (Å²) in [6.45, 7) is 5.57. The fraction of sp³-hybridized carbons (Fsp3) is 0.227. The van der Waals surface area contributed by atoms with Crippen molar-refractivity contribution < 1.29 is 14.0 Å². The normalized spacial score (nSPS) is 15.9. The molecule has 4 nitrogen and oxygen atoms in total. The summed E-state index contributed by atoms with van der Waals surface area (Å²) in [7, 11) is 0.